The van der Waals surface area contributed by atoms with Crippen molar-refractivity contribution in [3.8, 4) is 0 Å². The number of hydrogen-bond donors (Lipinski definition) is 3. The molecular weight excluding hydrogens is 488 g/mol. The normalized spacial score (nSPS) is 51.5. The van der Waals surface area contributed by atoms with Crippen LogP contribution in [0.15, 0.2) is 23.3 Å². The molecule has 4 fully saturated rings. The average Bonchev–Trinajstić information content (AvgIpc) is 3.50. The number of esters is 3. The molecule has 37 heavy (non-hydrogen) atoms. The molecule has 4 heterocycles. The molecular formula is C26H32O11. The highest BCUT2D eigenvalue weighted by atomic mass is 16.8. The van der Waals surface area contributed by atoms with Gasteiger partial charge in [0.15, 0.2) is 0 Å². The number of hydrogen-bond acceptors (Lipinski definition) is 11. The van der Waals surface area contributed by atoms with Crippen LogP contribution in [0.25, 0.3) is 0 Å². The SMILES string of the molecule is COC(=O)[C@@]12[C@@H]3[C@H](OC(=O)[C@]3(C)C[C@@H]3[C@]1(C)[C@H](O)C=C1C(=CC(=O)OC1(C)C)[C@@]31CO1)O[C@]2(O)[C@@H](C)O. The van der Waals surface area contributed by atoms with E-state index in [4.69, 9.17) is 23.7 Å². The molecule has 202 valence electrons. The zero-order valence-corrected chi connectivity index (χ0v) is 21.6. The van der Waals surface area contributed by atoms with Gasteiger partial charge < -0.3 is 39.0 Å². The summed E-state index contributed by atoms with van der Waals surface area (Å²) in [5.41, 5.74) is -6.54. The van der Waals surface area contributed by atoms with E-state index in [2.05, 4.69) is 0 Å². The number of cyclic esters (lactones) is 1. The molecule has 0 radical (unpaired) electrons. The fourth-order valence-corrected chi connectivity index (χ4v) is 8.46. The molecule has 0 aromatic rings. The van der Waals surface area contributed by atoms with Crippen molar-refractivity contribution in [2.45, 2.75) is 76.5 Å². The van der Waals surface area contributed by atoms with E-state index in [1.165, 1.54) is 19.1 Å². The van der Waals surface area contributed by atoms with Crippen molar-refractivity contribution in [1.82, 2.24) is 0 Å². The lowest BCUT2D eigenvalue weighted by Gasteiger charge is -2.63. The van der Waals surface area contributed by atoms with Crippen LogP contribution in [0.3, 0.4) is 0 Å². The predicted molar refractivity (Wildman–Crippen MR) is 121 cm³/mol. The molecule has 0 amide bonds. The molecule has 2 aliphatic carbocycles. The number of epoxide rings is 1. The molecule has 4 aliphatic heterocycles. The average molecular weight is 521 g/mol. The largest absolute Gasteiger partial charge is 0.468 e. The molecule has 10 atom stereocenters. The molecule has 11 nitrogen and oxygen atoms in total. The molecule has 0 unspecified atom stereocenters. The van der Waals surface area contributed by atoms with Crippen molar-refractivity contribution in [3.63, 3.8) is 0 Å². The third-order valence-corrected chi connectivity index (χ3v) is 10.2. The summed E-state index contributed by atoms with van der Waals surface area (Å²) in [5, 5.41) is 35.1. The van der Waals surface area contributed by atoms with Gasteiger partial charge in [-0.15, -0.1) is 0 Å². The number of carbonyl (C=O) groups is 3. The van der Waals surface area contributed by atoms with E-state index in [1.54, 1.807) is 27.7 Å². The first-order valence-corrected chi connectivity index (χ1v) is 12.5. The summed E-state index contributed by atoms with van der Waals surface area (Å²) in [7, 11) is 1.14. The molecule has 1 saturated carbocycles. The summed E-state index contributed by atoms with van der Waals surface area (Å²) in [5.74, 6) is -6.71. The second-order valence-corrected chi connectivity index (χ2v) is 12.2. The first-order chi connectivity index (χ1) is 17.1. The van der Waals surface area contributed by atoms with Crippen LogP contribution >= 0.6 is 0 Å². The van der Waals surface area contributed by atoms with Crippen molar-refractivity contribution >= 4 is 17.9 Å². The van der Waals surface area contributed by atoms with E-state index >= 15 is 0 Å². The molecule has 6 rings (SSSR count). The Bertz CT molecular complexity index is 1200. The lowest BCUT2D eigenvalue weighted by Crippen LogP contribution is -2.75. The van der Waals surface area contributed by atoms with Gasteiger partial charge in [-0.05, 0) is 45.8 Å². The van der Waals surface area contributed by atoms with Crippen LogP contribution in [-0.2, 0) is 38.1 Å². The highest BCUT2D eigenvalue weighted by Crippen LogP contribution is 2.78. The number of rotatable bonds is 2. The summed E-state index contributed by atoms with van der Waals surface area (Å²) in [6.07, 6.45) is -1.55. The Morgan fingerprint density at radius 2 is 1.84 bits per heavy atom. The van der Waals surface area contributed by atoms with Gasteiger partial charge in [0, 0.05) is 23.0 Å². The number of methoxy groups -OCH3 is 1. The van der Waals surface area contributed by atoms with E-state index in [0.717, 1.165) is 7.11 Å². The topological polar surface area (TPSA) is 161 Å². The summed E-state index contributed by atoms with van der Waals surface area (Å²) >= 11 is 0. The fraction of sp³-hybridized carbons (Fsp3) is 0.731. The number of fused-ring (bicyclic) bond motifs is 5. The van der Waals surface area contributed by atoms with Crippen LogP contribution in [0.5, 0.6) is 0 Å². The maximum atomic E-state index is 14.1. The fourth-order valence-electron chi connectivity index (χ4n) is 8.46. The molecule has 3 N–H and O–H groups in total. The molecule has 1 spiro atoms. The minimum atomic E-state index is -2.61. The number of aliphatic hydroxyl groups excluding tert-OH is 2. The van der Waals surface area contributed by atoms with Gasteiger partial charge in [-0.3, -0.25) is 9.59 Å². The van der Waals surface area contributed by atoms with Gasteiger partial charge in [0.05, 0.1) is 31.2 Å². The maximum Gasteiger partial charge on any atom is 0.332 e. The monoisotopic (exact) mass is 520 g/mol. The molecule has 0 aromatic heterocycles. The zero-order valence-electron chi connectivity index (χ0n) is 21.6. The Hall–Kier alpha value is -2.31. The molecule has 0 aromatic carbocycles. The summed E-state index contributed by atoms with van der Waals surface area (Å²) in [6.45, 7) is 8.03. The van der Waals surface area contributed by atoms with Crippen molar-refractivity contribution in [1.29, 1.82) is 0 Å². The summed E-state index contributed by atoms with van der Waals surface area (Å²) in [4.78, 5) is 40.1. The third kappa shape index (κ3) is 2.44. The van der Waals surface area contributed by atoms with Crippen molar-refractivity contribution in [3.05, 3.63) is 23.3 Å². The second kappa shape index (κ2) is 6.81. The highest BCUT2D eigenvalue weighted by Gasteiger charge is 2.91. The molecule has 3 saturated heterocycles. The zero-order chi connectivity index (χ0) is 27.1. The molecule has 6 aliphatic rings. The number of ether oxygens (including phenoxy) is 5. The van der Waals surface area contributed by atoms with Gasteiger partial charge in [0.25, 0.3) is 0 Å². The van der Waals surface area contributed by atoms with Gasteiger partial charge in [-0.2, -0.15) is 0 Å². The van der Waals surface area contributed by atoms with Crippen molar-refractivity contribution < 1.29 is 53.4 Å². The van der Waals surface area contributed by atoms with E-state index < -0.39 is 81.5 Å². The smallest absolute Gasteiger partial charge is 0.332 e. The number of aliphatic hydroxyl groups is 3. The minimum Gasteiger partial charge on any atom is -0.468 e. The third-order valence-electron chi connectivity index (χ3n) is 10.2. The Morgan fingerprint density at radius 1 is 1.19 bits per heavy atom. The quantitative estimate of drug-likeness (QED) is 0.257. The standard InChI is InChI=1S/C26H32O11/c1-11(27)26(32)25(20(31)33-6)17-18(37-26)35-19(30)22(17,4)9-14-23(25,5)15(28)7-12-13(24(14)10-34-24)8-16(29)36-21(12,2)3/h7-8,11,14-15,17-18,27-28,32H,9-10H2,1-6H3/t11-,14-,15-,17-,18-,22-,23-,24+,25+,26-/m1/s1. The second-order valence-electron chi connectivity index (χ2n) is 12.2. The van der Waals surface area contributed by atoms with Gasteiger partial charge >= 0.3 is 17.9 Å². The van der Waals surface area contributed by atoms with Crippen molar-refractivity contribution in [2.24, 2.45) is 28.1 Å². The van der Waals surface area contributed by atoms with E-state index in [1.807, 2.05) is 0 Å². The Kier molecular flexibility index (Phi) is 4.60. The molecule has 11 heteroatoms. The van der Waals surface area contributed by atoms with Crippen LogP contribution in [0.2, 0.25) is 0 Å². The lowest BCUT2D eigenvalue weighted by atomic mass is 9.38. The molecule has 0 bridgehead atoms. The first-order valence-electron chi connectivity index (χ1n) is 12.5. The van der Waals surface area contributed by atoms with E-state index in [9.17, 15) is 29.7 Å². The van der Waals surface area contributed by atoms with Gasteiger partial charge in [-0.25, -0.2) is 4.79 Å². The van der Waals surface area contributed by atoms with Crippen LogP contribution in [0.4, 0.5) is 0 Å². The first kappa shape index (κ1) is 25.0. The van der Waals surface area contributed by atoms with Crippen LogP contribution in [0, 0.1) is 28.1 Å². The van der Waals surface area contributed by atoms with Crippen LogP contribution in [0.1, 0.15) is 41.0 Å². The summed E-state index contributed by atoms with van der Waals surface area (Å²) < 4.78 is 28.4. The lowest BCUT2D eigenvalue weighted by molar-refractivity contribution is -0.339. The van der Waals surface area contributed by atoms with E-state index in [-0.39, 0.29) is 13.0 Å². The van der Waals surface area contributed by atoms with Gasteiger partial charge in [0.2, 0.25) is 12.1 Å². The van der Waals surface area contributed by atoms with Crippen molar-refractivity contribution in [2.75, 3.05) is 13.7 Å². The Morgan fingerprint density at radius 3 is 2.41 bits per heavy atom. The highest BCUT2D eigenvalue weighted by molar-refractivity contribution is 5.89. The Balaban J connectivity index is 1.73. The van der Waals surface area contributed by atoms with Gasteiger partial charge in [0.1, 0.15) is 22.7 Å². The van der Waals surface area contributed by atoms with Crippen LogP contribution in [-0.4, -0.2) is 82.4 Å². The maximum absolute atomic E-state index is 14.1. The Labute approximate surface area is 213 Å². The van der Waals surface area contributed by atoms with Crippen LogP contribution < -0.4 is 0 Å². The predicted octanol–water partition coefficient (Wildman–Crippen LogP) is 0.109. The summed E-state index contributed by atoms with van der Waals surface area (Å²) in [6, 6.07) is 0. The number of carbonyl (C=O) groups excluding carboxylic acids is 3. The minimum absolute atomic E-state index is 0.0898. The van der Waals surface area contributed by atoms with E-state index in [0.29, 0.717) is 11.1 Å². The van der Waals surface area contributed by atoms with Gasteiger partial charge in [-0.1, -0.05) is 6.92 Å².